The van der Waals surface area contributed by atoms with E-state index in [0.717, 1.165) is 23.3 Å². The molecule has 4 atom stereocenters. The Bertz CT molecular complexity index is 945. The lowest BCUT2D eigenvalue weighted by Gasteiger charge is -2.42. The molecule has 0 bridgehead atoms. The number of benzene rings is 2. The van der Waals surface area contributed by atoms with Crippen molar-refractivity contribution in [3.63, 3.8) is 0 Å². The van der Waals surface area contributed by atoms with E-state index in [0.29, 0.717) is 11.5 Å². The molecule has 0 N–H and O–H groups in total. The van der Waals surface area contributed by atoms with Gasteiger partial charge in [0.15, 0.2) is 0 Å². The highest BCUT2D eigenvalue weighted by Gasteiger charge is 2.35. The zero-order valence-electron chi connectivity index (χ0n) is 20.7. The summed E-state index contributed by atoms with van der Waals surface area (Å²) in [5.74, 6) is 9.22. The van der Waals surface area contributed by atoms with Crippen molar-refractivity contribution < 1.29 is 4.39 Å². The van der Waals surface area contributed by atoms with Crippen molar-refractivity contribution in [2.24, 2.45) is 17.8 Å². The van der Waals surface area contributed by atoms with Crippen molar-refractivity contribution in [1.29, 1.82) is 0 Å². The minimum absolute atomic E-state index is 0.166. The van der Waals surface area contributed by atoms with Crippen molar-refractivity contribution in [3.8, 4) is 11.8 Å². The topological polar surface area (TPSA) is 0 Å². The van der Waals surface area contributed by atoms with Crippen LogP contribution in [0, 0.1) is 42.3 Å². The lowest BCUT2D eigenvalue weighted by molar-refractivity contribution is 0.113. The van der Waals surface area contributed by atoms with Crippen LogP contribution < -0.4 is 0 Å². The van der Waals surface area contributed by atoms with Crippen LogP contribution in [0.15, 0.2) is 42.5 Å². The molecule has 1 unspecified atom stereocenters. The Morgan fingerprint density at radius 3 is 2.36 bits per heavy atom. The Hall–Kier alpha value is -2.07. The second-order valence-corrected chi connectivity index (χ2v) is 10.8. The largest absolute Gasteiger partial charge is 0.206 e. The fraction of sp³-hybridized carbons (Fsp3) is 0.562. The van der Waals surface area contributed by atoms with Gasteiger partial charge in [-0.3, -0.25) is 0 Å². The third-order valence-electron chi connectivity index (χ3n) is 8.30. The van der Waals surface area contributed by atoms with Crippen molar-refractivity contribution in [2.75, 3.05) is 0 Å². The maximum atomic E-state index is 14.8. The standard InChI is InChI=1S/C32H41F/c1-3-4-5-6-7-8-26-14-16-29-22-30(20-19-28(29)21-26)31-18-17-27(32(33)23-31)15-13-25-11-9-24(2)10-12-25/h9-12,17-18,23,26,28-30H,3-8,14,16,19-22H2,1-2H3/t26?,28-,29-,30-/m1/s1. The van der Waals surface area contributed by atoms with E-state index in [1.165, 1.54) is 88.2 Å². The van der Waals surface area contributed by atoms with Gasteiger partial charge in [-0.2, -0.15) is 0 Å². The minimum Gasteiger partial charge on any atom is -0.206 e. The Balaban J connectivity index is 1.30. The Morgan fingerprint density at radius 2 is 1.58 bits per heavy atom. The molecule has 0 spiro atoms. The van der Waals surface area contributed by atoms with Gasteiger partial charge in [0, 0.05) is 5.56 Å². The van der Waals surface area contributed by atoms with Gasteiger partial charge in [0.2, 0.25) is 0 Å². The molecule has 2 aromatic carbocycles. The molecule has 1 heteroatoms. The summed E-state index contributed by atoms with van der Waals surface area (Å²) in [6, 6.07) is 13.9. The highest BCUT2D eigenvalue weighted by molar-refractivity contribution is 5.45. The van der Waals surface area contributed by atoms with Gasteiger partial charge in [0.05, 0.1) is 5.56 Å². The number of unbranched alkanes of at least 4 members (excludes halogenated alkanes) is 4. The van der Waals surface area contributed by atoms with E-state index in [9.17, 15) is 4.39 Å². The summed E-state index contributed by atoms with van der Waals surface area (Å²) in [5, 5.41) is 0. The molecule has 33 heavy (non-hydrogen) atoms. The first-order valence-corrected chi connectivity index (χ1v) is 13.5. The summed E-state index contributed by atoms with van der Waals surface area (Å²) >= 11 is 0. The SMILES string of the molecule is CCCCCCCC1CC[C@@H]2C[C@H](c3ccc(C#Cc4ccc(C)cc4)c(F)c3)CC[C@@H]2C1. The fourth-order valence-corrected chi connectivity index (χ4v) is 6.25. The monoisotopic (exact) mass is 444 g/mol. The number of rotatable bonds is 7. The van der Waals surface area contributed by atoms with Crippen LogP contribution in [-0.2, 0) is 0 Å². The van der Waals surface area contributed by atoms with E-state index < -0.39 is 0 Å². The molecular formula is C32H41F. The highest BCUT2D eigenvalue weighted by Crippen LogP contribution is 2.48. The molecule has 0 aromatic heterocycles. The normalized spacial score (nSPS) is 24.6. The Kier molecular flexibility index (Phi) is 8.66. The minimum atomic E-state index is -0.166. The van der Waals surface area contributed by atoms with Crippen molar-refractivity contribution in [2.45, 2.75) is 96.8 Å². The second-order valence-electron chi connectivity index (χ2n) is 10.8. The van der Waals surface area contributed by atoms with Gasteiger partial charge >= 0.3 is 0 Å². The average Bonchev–Trinajstić information content (AvgIpc) is 2.84. The number of hydrogen-bond donors (Lipinski definition) is 0. The molecule has 0 saturated heterocycles. The average molecular weight is 445 g/mol. The molecule has 0 nitrogen and oxygen atoms in total. The zero-order valence-corrected chi connectivity index (χ0v) is 20.7. The number of aryl methyl sites for hydroxylation is 1. The van der Waals surface area contributed by atoms with Gasteiger partial charge in [-0.1, -0.05) is 87.5 Å². The molecule has 4 rings (SSSR count). The molecule has 2 aliphatic carbocycles. The number of hydrogen-bond acceptors (Lipinski definition) is 0. The van der Waals surface area contributed by atoms with Gasteiger partial charge < -0.3 is 0 Å². The molecule has 2 aromatic rings. The van der Waals surface area contributed by atoms with E-state index in [1.54, 1.807) is 6.07 Å². The lowest BCUT2D eigenvalue weighted by atomic mass is 9.63. The summed E-state index contributed by atoms with van der Waals surface area (Å²) in [5.41, 5.74) is 3.83. The Labute approximate surface area is 201 Å². The van der Waals surface area contributed by atoms with Crippen LogP contribution >= 0.6 is 0 Å². The predicted octanol–water partition coefficient (Wildman–Crippen LogP) is 9.19. The van der Waals surface area contributed by atoms with Crippen molar-refractivity contribution in [3.05, 3.63) is 70.5 Å². The number of fused-ring (bicyclic) bond motifs is 1. The molecule has 2 fully saturated rings. The smallest absolute Gasteiger partial charge is 0.139 e. The van der Waals surface area contributed by atoms with Crippen molar-refractivity contribution >= 4 is 0 Å². The van der Waals surface area contributed by atoms with Crippen LogP contribution in [0.25, 0.3) is 0 Å². The van der Waals surface area contributed by atoms with E-state index in [4.69, 9.17) is 0 Å². The molecule has 0 amide bonds. The predicted molar refractivity (Wildman–Crippen MR) is 138 cm³/mol. The highest BCUT2D eigenvalue weighted by atomic mass is 19.1. The summed E-state index contributed by atoms with van der Waals surface area (Å²) in [4.78, 5) is 0. The van der Waals surface area contributed by atoms with E-state index in [1.807, 2.05) is 30.3 Å². The van der Waals surface area contributed by atoms with E-state index in [-0.39, 0.29) is 5.82 Å². The summed E-state index contributed by atoms with van der Waals surface area (Å²) in [7, 11) is 0. The van der Waals surface area contributed by atoms with E-state index in [2.05, 4.69) is 31.8 Å². The maximum Gasteiger partial charge on any atom is 0.139 e. The van der Waals surface area contributed by atoms with Crippen LogP contribution in [0.2, 0.25) is 0 Å². The summed E-state index contributed by atoms with van der Waals surface area (Å²) < 4.78 is 14.8. The van der Waals surface area contributed by atoms with Crippen LogP contribution in [0.1, 0.15) is 112 Å². The molecule has 0 aliphatic heterocycles. The zero-order chi connectivity index (χ0) is 23.0. The first-order valence-electron chi connectivity index (χ1n) is 13.5. The number of halogens is 1. The first-order chi connectivity index (χ1) is 16.1. The van der Waals surface area contributed by atoms with Gasteiger partial charge in [0.25, 0.3) is 0 Å². The molecular weight excluding hydrogens is 403 g/mol. The van der Waals surface area contributed by atoms with Crippen LogP contribution in [0.5, 0.6) is 0 Å². The van der Waals surface area contributed by atoms with Gasteiger partial charge in [-0.25, -0.2) is 4.39 Å². The fourth-order valence-electron chi connectivity index (χ4n) is 6.25. The summed E-state index contributed by atoms with van der Waals surface area (Å²) in [6.07, 6.45) is 16.5. The molecule has 0 radical (unpaired) electrons. The third-order valence-corrected chi connectivity index (χ3v) is 8.30. The Morgan fingerprint density at radius 1 is 0.818 bits per heavy atom. The molecule has 0 heterocycles. The molecule has 176 valence electrons. The van der Waals surface area contributed by atoms with Crippen LogP contribution in [0.4, 0.5) is 4.39 Å². The molecule has 2 aliphatic rings. The quantitative estimate of drug-likeness (QED) is 0.295. The van der Waals surface area contributed by atoms with Crippen molar-refractivity contribution in [1.82, 2.24) is 0 Å². The lowest BCUT2D eigenvalue weighted by Crippen LogP contribution is -2.30. The summed E-state index contributed by atoms with van der Waals surface area (Å²) in [6.45, 7) is 4.35. The van der Waals surface area contributed by atoms with Crippen LogP contribution in [-0.4, -0.2) is 0 Å². The molecule has 2 saturated carbocycles. The van der Waals surface area contributed by atoms with Gasteiger partial charge in [-0.15, -0.1) is 0 Å². The van der Waals surface area contributed by atoms with Gasteiger partial charge in [-0.05, 0) is 92.5 Å². The van der Waals surface area contributed by atoms with Crippen LogP contribution in [0.3, 0.4) is 0 Å². The van der Waals surface area contributed by atoms with E-state index >= 15 is 0 Å². The second kappa shape index (κ2) is 11.9. The van der Waals surface area contributed by atoms with Gasteiger partial charge in [0.1, 0.15) is 5.82 Å². The maximum absolute atomic E-state index is 14.8. The first kappa shape index (κ1) is 24.1. The third kappa shape index (κ3) is 6.72.